The highest BCUT2D eigenvalue weighted by Gasteiger charge is 2.07. The maximum absolute atomic E-state index is 9.74. The Morgan fingerprint density at radius 2 is 1.94 bits per heavy atom. The van der Waals surface area contributed by atoms with Crippen LogP contribution in [0.1, 0.15) is 5.56 Å². The number of nitrogens with one attached hydrogen (secondary N) is 1. The highest BCUT2D eigenvalue weighted by Crippen LogP contribution is 2.28. The first-order valence-electron chi connectivity index (χ1n) is 5.23. The molecule has 2 nitrogen and oxygen atoms in total. The second kappa shape index (κ2) is 5.99. The van der Waals surface area contributed by atoms with Crippen molar-refractivity contribution in [2.75, 3.05) is 5.32 Å². The third-order valence-electron chi connectivity index (χ3n) is 2.48. The summed E-state index contributed by atoms with van der Waals surface area (Å²) in [7, 11) is 0. The van der Waals surface area contributed by atoms with E-state index in [2.05, 4.69) is 27.9 Å². The van der Waals surface area contributed by atoms with Gasteiger partial charge in [-0.05, 0) is 52.9 Å². The molecule has 0 saturated heterocycles. The molecule has 5 heteroatoms. The summed E-state index contributed by atoms with van der Waals surface area (Å²) in [5, 5.41) is 14.2. The molecule has 2 N–H and O–H groups in total. The molecule has 0 heterocycles. The lowest BCUT2D eigenvalue weighted by Crippen LogP contribution is -2.02. The minimum atomic E-state index is 0.193. The molecule has 0 aliphatic rings. The van der Waals surface area contributed by atoms with Gasteiger partial charge in [-0.25, -0.2) is 0 Å². The van der Waals surface area contributed by atoms with Crippen LogP contribution < -0.4 is 5.32 Å². The number of hydrogen-bond acceptors (Lipinski definition) is 2. The first-order valence-corrected chi connectivity index (χ1v) is 7.06. The number of aromatic hydroxyl groups is 1. The Bertz CT molecular complexity index is 555. The van der Waals surface area contributed by atoms with Crippen LogP contribution in [0.15, 0.2) is 36.4 Å². The molecule has 0 radical (unpaired) electrons. The van der Waals surface area contributed by atoms with E-state index in [9.17, 15) is 5.11 Å². The summed E-state index contributed by atoms with van der Waals surface area (Å²) in [6, 6.07) is 10.7. The first-order chi connectivity index (χ1) is 8.58. The smallest absolute Gasteiger partial charge is 0.122 e. The van der Waals surface area contributed by atoms with Crippen molar-refractivity contribution in [1.82, 2.24) is 0 Å². The van der Waals surface area contributed by atoms with Crippen LogP contribution >= 0.6 is 45.8 Å². The van der Waals surface area contributed by atoms with Gasteiger partial charge in [-0.3, -0.25) is 0 Å². The monoisotopic (exact) mass is 393 g/mol. The van der Waals surface area contributed by atoms with Gasteiger partial charge in [0.1, 0.15) is 5.75 Å². The first kappa shape index (κ1) is 13.8. The van der Waals surface area contributed by atoms with Crippen molar-refractivity contribution in [3.8, 4) is 5.75 Å². The molecule has 0 spiro atoms. The average Bonchev–Trinajstić information content (AvgIpc) is 2.31. The topological polar surface area (TPSA) is 32.3 Å². The number of hydrogen-bond donors (Lipinski definition) is 2. The maximum atomic E-state index is 9.74. The van der Waals surface area contributed by atoms with Gasteiger partial charge in [0.25, 0.3) is 0 Å². The van der Waals surface area contributed by atoms with E-state index in [1.54, 1.807) is 18.2 Å². The van der Waals surface area contributed by atoms with Gasteiger partial charge in [-0.15, -0.1) is 0 Å². The highest BCUT2D eigenvalue weighted by atomic mass is 127. The molecule has 0 aliphatic heterocycles. The number of phenolic OH excluding ortho intramolecular Hbond substituents is 1. The van der Waals surface area contributed by atoms with Crippen LogP contribution in [0.25, 0.3) is 0 Å². The van der Waals surface area contributed by atoms with Crippen LogP contribution in [0.3, 0.4) is 0 Å². The van der Waals surface area contributed by atoms with E-state index in [0.717, 1.165) is 9.26 Å². The van der Waals surface area contributed by atoms with Gasteiger partial charge in [-0.2, -0.15) is 0 Å². The van der Waals surface area contributed by atoms with E-state index in [0.29, 0.717) is 22.2 Å². The van der Waals surface area contributed by atoms with E-state index in [-0.39, 0.29) is 5.75 Å². The van der Waals surface area contributed by atoms with Gasteiger partial charge in [0.15, 0.2) is 0 Å². The van der Waals surface area contributed by atoms with E-state index in [1.807, 2.05) is 18.2 Å². The fraction of sp³-hybridized carbons (Fsp3) is 0.0769. The molecule has 94 valence electrons. The second-order valence-electron chi connectivity index (χ2n) is 3.72. The highest BCUT2D eigenvalue weighted by molar-refractivity contribution is 14.1. The lowest BCUT2D eigenvalue weighted by Gasteiger charge is -2.11. The second-order valence-corrected chi connectivity index (χ2v) is 5.72. The van der Waals surface area contributed by atoms with Gasteiger partial charge >= 0.3 is 0 Å². The molecule has 0 saturated carbocycles. The third-order valence-corrected chi connectivity index (χ3v) is 3.96. The Labute approximate surface area is 129 Å². The molecule has 2 aromatic rings. The molecule has 0 atom stereocenters. The Kier molecular flexibility index (Phi) is 4.59. The zero-order chi connectivity index (χ0) is 13.1. The van der Waals surface area contributed by atoms with Crippen LogP contribution in [-0.4, -0.2) is 5.11 Å². The molecule has 0 fully saturated rings. The van der Waals surface area contributed by atoms with E-state index < -0.39 is 0 Å². The van der Waals surface area contributed by atoms with E-state index in [1.165, 1.54) is 0 Å². The molecule has 2 aromatic carbocycles. The summed E-state index contributed by atoms with van der Waals surface area (Å²) in [5.74, 6) is 0.193. The van der Waals surface area contributed by atoms with Gasteiger partial charge in [-0.1, -0.05) is 29.3 Å². The maximum Gasteiger partial charge on any atom is 0.122 e. The SMILES string of the molecule is Oc1cccc(Cl)c1CNc1ccc(Cl)cc1I. The molecular formula is C13H10Cl2INO. The quantitative estimate of drug-likeness (QED) is 0.725. The fourth-order valence-corrected chi connectivity index (χ4v) is 2.84. The van der Waals surface area contributed by atoms with E-state index >= 15 is 0 Å². The molecule has 0 bridgehead atoms. The standard InChI is InChI=1S/C13H10Cl2INO/c14-8-4-5-12(11(16)6-8)17-7-9-10(15)2-1-3-13(9)18/h1-6,17-18H,7H2. The predicted molar refractivity (Wildman–Crippen MR) is 84.6 cm³/mol. The molecule has 0 aliphatic carbocycles. The van der Waals surface area contributed by atoms with Crippen LogP contribution in [0.5, 0.6) is 5.75 Å². The van der Waals surface area contributed by atoms with Crippen molar-refractivity contribution >= 4 is 51.5 Å². The molecule has 18 heavy (non-hydrogen) atoms. The lowest BCUT2D eigenvalue weighted by molar-refractivity contribution is 0.469. The van der Waals surface area contributed by atoms with Gasteiger partial charge in [0.05, 0.1) is 0 Å². The van der Waals surface area contributed by atoms with Crippen LogP contribution in [0.2, 0.25) is 10.0 Å². The van der Waals surface area contributed by atoms with Gasteiger partial charge in [0, 0.05) is 31.4 Å². The number of phenols is 1. The summed E-state index contributed by atoms with van der Waals surface area (Å²) in [6.07, 6.45) is 0. The Morgan fingerprint density at radius 3 is 2.61 bits per heavy atom. The summed E-state index contributed by atoms with van der Waals surface area (Å²) in [4.78, 5) is 0. The molecule has 0 unspecified atom stereocenters. The fourth-order valence-electron chi connectivity index (χ4n) is 1.54. The zero-order valence-electron chi connectivity index (χ0n) is 9.25. The van der Waals surface area contributed by atoms with Crippen molar-refractivity contribution < 1.29 is 5.11 Å². The van der Waals surface area contributed by atoms with Crippen LogP contribution in [0.4, 0.5) is 5.69 Å². The van der Waals surface area contributed by atoms with Crippen molar-refractivity contribution in [3.63, 3.8) is 0 Å². The minimum absolute atomic E-state index is 0.193. The Morgan fingerprint density at radius 1 is 1.17 bits per heavy atom. The third kappa shape index (κ3) is 3.22. The number of benzene rings is 2. The number of rotatable bonds is 3. The largest absolute Gasteiger partial charge is 0.508 e. The molecule has 0 amide bonds. The normalized spacial score (nSPS) is 10.4. The molecule has 0 aromatic heterocycles. The van der Waals surface area contributed by atoms with Crippen molar-refractivity contribution in [2.24, 2.45) is 0 Å². The minimum Gasteiger partial charge on any atom is -0.508 e. The zero-order valence-corrected chi connectivity index (χ0v) is 12.9. The van der Waals surface area contributed by atoms with Crippen LogP contribution in [0, 0.1) is 3.57 Å². The predicted octanol–water partition coefficient (Wildman–Crippen LogP) is 4.92. The summed E-state index contributed by atoms with van der Waals surface area (Å²) < 4.78 is 1.02. The molecular weight excluding hydrogens is 384 g/mol. The summed E-state index contributed by atoms with van der Waals surface area (Å²) in [5.41, 5.74) is 1.64. The van der Waals surface area contributed by atoms with Crippen LogP contribution in [-0.2, 0) is 6.54 Å². The van der Waals surface area contributed by atoms with E-state index in [4.69, 9.17) is 23.2 Å². The summed E-state index contributed by atoms with van der Waals surface area (Å²) >= 11 is 14.1. The van der Waals surface area contributed by atoms with Crippen molar-refractivity contribution in [1.29, 1.82) is 0 Å². The van der Waals surface area contributed by atoms with Crippen molar-refractivity contribution in [2.45, 2.75) is 6.54 Å². The average molecular weight is 394 g/mol. The number of anilines is 1. The summed E-state index contributed by atoms with van der Waals surface area (Å²) in [6.45, 7) is 0.461. The lowest BCUT2D eigenvalue weighted by atomic mass is 10.2. The Hall–Kier alpha value is -0.650. The number of halogens is 3. The van der Waals surface area contributed by atoms with Crippen molar-refractivity contribution in [3.05, 3.63) is 55.6 Å². The molecule has 2 rings (SSSR count). The van der Waals surface area contributed by atoms with Gasteiger partial charge < -0.3 is 10.4 Å². The Balaban J connectivity index is 2.16. The van der Waals surface area contributed by atoms with Gasteiger partial charge in [0.2, 0.25) is 0 Å².